The zero-order valence-electron chi connectivity index (χ0n) is 10.4. The van der Waals surface area contributed by atoms with E-state index >= 15 is 0 Å². The Bertz CT molecular complexity index is 671. The predicted octanol–water partition coefficient (Wildman–Crippen LogP) is 1.57. The zero-order valence-corrected chi connectivity index (χ0v) is 10.4. The first-order valence-corrected chi connectivity index (χ1v) is 5.43. The van der Waals surface area contributed by atoms with Crippen molar-refractivity contribution in [1.29, 1.82) is 5.26 Å². The van der Waals surface area contributed by atoms with Crippen LogP contribution in [-0.2, 0) is 0 Å². The molecule has 102 valence electrons. The first kappa shape index (κ1) is 13.5. The molecule has 0 aliphatic carbocycles. The van der Waals surface area contributed by atoms with E-state index in [1.165, 1.54) is 25.6 Å². The van der Waals surface area contributed by atoms with Gasteiger partial charge in [-0.15, -0.1) is 0 Å². The molecule has 0 unspecified atom stereocenters. The molecular weight excluding hydrogens is 265 g/mol. The summed E-state index contributed by atoms with van der Waals surface area (Å²) in [4.78, 5) is 7.71. The molecule has 0 spiro atoms. The van der Waals surface area contributed by atoms with E-state index in [1.54, 1.807) is 6.07 Å². The summed E-state index contributed by atoms with van der Waals surface area (Å²) in [6.07, 6.45) is 1.19. The van der Waals surface area contributed by atoms with Crippen LogP contribution in [0.2, 0.25) is 0 Å². The highest BCUT2D eigenvalue weighted by Gasteiger charge is 2.16. The molecule has 1 aromatic heterocycles. The number of nitrogen functional groups attached to an aromatic ring is 1. The third kappa shape index (κ3) is 2.43. The molecule has 2 aromatic rings. The minimum Gasteiger partial charge on any atom is -0.489 e. The van der Waals surface area contributed by atoms with Crippen LogP contribution in [0.3, 0.4) is 0 Å². The summed E-state index contributed by atoms with van der Waals surface area (Å²) in [5.41, 5.74) is 2.09. The van der Waals surface area contributed by atoms with Crippen molar-refractivity contribution < 1.29 is 13.9 Å². The summed E-state index contributed by atoms with van der Waals surface area (Å²) in [7, 11) is 1.38. The standard InChI is InChI=1S/C12H10FN5O2/c1-19-10-11(18-15)16-6-17-12(10)20-9-4-2-3-8(13)7(9)5-14/h2-4,6H,15H2,1H3,(H,16,17,18). The fourth-order valence-corrected chi connectivity index (χ4v) is 1.52. The highest BCUT2D eigenvalue weighted by molar-refractivity contribution is 5.56. The van der Waals surface area contributed by atoms with Crippen molar-refractivity contribution in [3.63, 3.8) is 0 Å². The molecule has 0 saturated heterocycles. The molecule has 0 saturated carbocycles. The molecule has 0 atom stereocenters. The lowest BCUT2D eigenvalue weighted by Crippen LogP contribution is -2.11. The molecule has 20 heavy (non-hydrogen) atoms. The summed E-state index contributed by atoms with van der Waals surface area (Å²) in [5, 5.41) is 8.94. The second-order valence-corrected chi connectivity index (χ2v) is 3.53. The van der Waals surface area contributed by atoms with Gasteiger partial charge >= 0.3 is 0 Å². The van der Waals surface area contributed by atoms with E-state index in [2.05, 4.69) is 15.4 Å². The van der Waals surface area contributed by atoms with Gasteiger partial charge in [0.05, 0.1) is 7.11 Å². The van der Waals surface area contributed by atoms with Gasteiger partial charge in [0.15, 0.2) is 5.82 Å². The van der Waals surface area contributed by atoms with Crippen LogP contribution in [-0.4, -0.2) is 17.1 Å². The van der Waals surface area contributed by atoms with Crippen molar-refractivity contribution in [1.82, 2.24) is 9.97 Å². The number of rotatable bonds is 4. The molecule has 0 radical (unpaired) electrons. The van der Waals surface area contributed by atoms with Crippen LogP contribution in [0.1, 0.15) is 5.56 Å². The van der Waals surface area contributed by atoms with Gasteiger partial charge in [-0.05, 0) is 12.1 Å². The largest absolute Gasteiger partial charge is 0.489 e. The summed E-state index contributed by atoms with van der Waals surface area (Å²) in [5.74, 6) is 4.97. The average Bonchev–Trinajstić information content (AvgIpc) is 2.47. The summed E-state index contributed by atoms with van der Waals surface area (Å²) >= 11 is 0. The van der Waals surface area contributed by atoms with E-state index in [9.17, 15) is 4.39 Å². The number of benzene rings is 1. The maximum Gasteiger partial charge on any atom is 0.268 e. The van der Waals surface area contributed by atoms with Crippen molar-refractivity contribution in [2.24, 2.45) is 5.84 Å². The molecule has 1 aromatic carbocycles. The first-order chi connectivity index (χ1) is 9.71. The molecule has 3 N–H and O–H groups in total. The summed E-state index contributed by atoms with van der Waals surface area (Å²) in [6.45, 7) is 0. The van der Waals surface area contributed by atoms with E-state index in [0.29, 0.717) is 0 Å². The van der Waals surface area contributed by atoms with Crippen LogP contribution in [0.5, 0.6) is 17.4 Å². The number of nitrogens with one attached hydrogen (secondary N) is 1. The minimum atomic E-state index is -0.685. The van der Waals surface area contributed by atoms with Gasteiger partial charge < -0.3 is 14.9 Å². The Morgan fingerprint density at radius 2 is 2.20 bits per heavy atom. The number of anilines is 1. The molecule has 0 fully saturated rings. The lowest BCUT2D eigenvalue weighted by atomic mass is 10.2. The van der Waals surface area contributed by atoms with Crippen LogP contribution in [0.25, 0.3) is 0 Å². The molecule has 8 heteroatoms. The van der Waals surface area contributed by atoms with Crippen LogP contribution in [0, 0.1) is 17.1 Å². The van der Waals surface area contributed by atoms with Gasteiger partial charge in [-0.25, -0.2) is 15.2 Å². The second-order valence-electron chi connectivity index (χ2n) is 3.53. The van der Waals surface area contributed by atoms with Crippen LogP contribution < -0.4 is 20.7 Å². The van der Waals surface area contributed by atoms with Gasteiger partial charge in [-0.3, -0.25) is 0 Å². The molecule has 1 heterocycles. The smallest absolute Gasteiger partial charge is 0.268 e. The Morgan fingerprint density at radius 3 is 2.85 bits per heavy atom. The molecule has 0 amide bonds. The van der Waals surface area contributed by atoms with Crippen molar-refractivity contribution in [2.75, 3.05) is 12.5 Å². The Labute approximate surface area is 113 Å². The van der Waals surface area contributed by atoms with Crippen molar-refractivity contribution in [3.05, 3.63) is 35.9 Å². The molecule has 2 rings (SSSR count). The number of nitrogens with zero attached hydrogens (tertiary/aromatic N) is 3. The van der Waals surface area contributed by atoms with Gasteiger partial charge in [0.1, 0.15) is 29.5 Å². The number of nitrogens with two attached hydrogens (primary N) is 1. The maximum atomic E-state index is 13.5. The van der Waals surface area contributed by atoms with E-state index < -0.39 is 5.82 Å². The number of halogens is 1. The molecule has 0 aliphatic heterocycles. The zero-order chi connectivity index (χ0) is 14.5. The number of methoxy groups -OCH3 is 1. The number of aromatic nitrogens is 2. The average molecular weight is 275 g/mol. The number of hydrogen-bond acceptors (Lipinski definition) is 7. The van der Waals surface area contributed by atoms with Gasteiger partial charge in [0, 0.05) is 0 Å². The Kier molecular flexibility index (Phi) is 3.93. The Morgan fingerprint density at radius 1 is 1.40 bits per heavy atom. The Balaban J connectivity index is 2.46. The lowest BCUT2D eigenvalue weighted by Gasteiger charge is -2.12. The van der Waals surface area contributed by atoms with Crippen molar-refractivity contribution in [2.45, 2.75) is 0 Å². The summed E-state index contributed by atoms with van der Waals surface area (Å²) in [6, 6.07) is 5.75. The highest BCUT2D eigenvalue weighted by Crippen LogP contribution is 2.35. The monoisotopic (exact) mass is 275 g/mol. The van der Waals surface area contributed by atoms with Crippen molar-refractivity contribution in [3.8, 4) is 23.4 Å². The molecule has 7 nitrogen and oxygen atoms in total. The first-order valence-electron chi connectivity index (χ1n) is 5.43. The van der Waals surface area contributed by atoms with E-state index in [1.807, 2.05) is 0 Å². The topological polar surface area (TPSA) is 106 Å². The SMILES string of the molecule is COc1c(NN)ncnc1Oc1cccc(F)c1C#N. The second kappa shape index (κ2) is 5.81. The fourth-order valence-electron chi connectivity index (χ4n) is 1.52. The van der Waals surface area contributed by atoms with Gasteiger partial charge in [-0.2, -0.15) is 10.2 Å². The van der Waals surface area contributed by atoms with Gasteiger partial charge in [0.25, 0.3) is 5.88 Å². The Hall–Kier alpha value is -2.92. The minimum absolute atomic E-state index is 0.0116. The van der Waals surface area contributed by atoms with E-state index in [0.717, 1.165) is 6.07 Å². The maximum absolute atomic E-state index is 13.5. The van der Waals surface area contributed by atoms with Gasteiger partial charge in [-0.1, -0.05) is 6.07 Å². The number of nitriles is 1. The number of ether oxygens (including phenoxy) is 2. The van der Waals surface area contributed by atoms with Crippen LogP contribution in [0.4, 0.5) is 10.2 Å². The third-order valence-electron chi connectivity index (χ3n) is 2.41. The predicted molar refractivity (Wildman–Crippen MR) is 67.6 cm³/mol. The van der Waals surface area contributed by atoms with E-state index in [-0.39, 0.29) is 28.8 Å². The van der Waals surface area contributed by atoms with Gasteiger partial charge in [0.2, 0.25) is 5.75 Å². The van der Waals surface area contributed by atoms with Crippen LogP contribution in [0.15, 0.2) is 24.5 Å². The molecular formula is C12H10FN5O2. The lowest BCUT2D eigenvalue weighted by molar-refractivity contribution is 0.367. The van der Waals surface area contributed by atoms with Crippen molar-refractivity contribution >= 4 is 5.82 Å². The molecule has 0 aliphatic rings. The third-order valence-corrected chi connectivity index (χ3v) is 2.41. The van der Waals surface area contributed by atoms with E-state index in [4.69, 9.17) is 20.6 Å². The fraction of sp³-hybridized carbons (Fsp3) is 0.0833. The quantitative estimate of drug-likeness (QED) is 0.644. The van der Waals surface area contributed by atoms with Crippen LogP contribution >= 0.6 is 0 Å². The highest BCUT2D eigenvalue weighted by atomic mass is 19.1. The summed E-state index contributed by atoms with van der Waals surface area (Å²) < 4.78 is 24.0. The number of hydrazine groups is 1. The number of hydrogen-bond donors (Lipinski definition) is 2. The molecule has 0 bridgehead atoms. The normalized spacial score (nSPS) is 9.70.